The summed E-state index contributed by atoms with van der Waals surface area (Å²) in [6.07, 6.45) is 0. The summed E-state index contributed by atoms with van der Waals surface area (Å²) in [6, 6.07) is 102. The van der Waals surface area contributed by atoms with Crippen LogP contribution in [0.3, 0.4) is 0 Å². The summed E-state index contributed by atoms with van der Waals surface area (Å²) >= 11 is 0. The number of anilines is 3. The van der Waals surface area contributed by atoms with E-state index in [4.69, 9.17) is 0 Å². The van der Waals surface area contributed by atoms with Gasteiger partial charge in [-0.1, -0.05) is 216 Å². The molecule has 3 nitrogen and oxygen atoms in total. The normalized spacial score (nSPS) is 13.6. The van der Waals surface area contributed by atoms with Crippen molar-refractivity contribution in [2.75, 3.05) is 4.90 Å². The highest BCUT2D eigenvalue weighted by Gasteiger charge is 2.39. The maximum atomic E-state index is 2.51. The van der Waals surface area contributed by atoms with Crippen molar-refractivity contribution in [3.63, 3.8) is 0 Å². The lowest BCUT2D eigenvalue weighted by Gasteiger charge is -2.30. The van der Waals surface area contributed by atoms with Crippen LogP contribution < -0.4 is 4.90 Å². The minimum absolute atomic E-state index is 0.158. The van der Waals surface area contributed by atoms with Crippen LogP contribution in [-0.4, -0.2) is 9.13 Å². The van der Waals surface area contributed by atoms with Crippen LogP contribution in [0.4, 0.5) is 17.1 Å². The van der Waals surface area contributed by atoms with Gasteiger partial charge in [0.15, 0.2) is 0 Å². The average molecular weight is 1040 g/mol. The van der Waals surface area contributed by atoms with E-state index in [1.54, 1.807) is 0 Å². The number of hydrogen-bond donors (Lipinski definition) is 0. The average Bonchev–Trinajstić information content (AvgIpc) is 3.76. The van der Waals surface area contributed by atoms with Crippen molar-refractivity contribution in [3.05, 3.63) is 295 Å². The van der Waals surface area contributed by atoms with Gasteiger partial charge in [-0.15, -0.1) is 0 Å². The van der Waals surface area contributed by atoms with Crippen LogP contribution in [0.15, 0.2) is 273 Å². The van der Waals surface area contributed by atoms with Gasteiger partial charge in [0.2, 0.25) is 0 Å². The molecule has 0 amide bonds. The largest absolute Gasteiger partial charge is 0.310 e. The van der Waals surface area contributed by atoms with Crippen LogP contribution in [0.2, 0.25) is 0 Å². The van der Waals surface area contributed by atoms with Crippen LogP contribution in [-0.2, 0) is 10.8 Å². The van der Waals surface area contributed by atoms with E-state index in [1.807, 2.05) is 0 Å². The summed E-state index contributed by atoms with van der Waals surface area (Å²) in [4.78, 5) is 2.51. The molecule has 3 heteroatoms. The second-order valence-corrected chi connectivity index (χ2v) is 23.2. The number of aromatic nitrogens is 2. The number of rotatable bonds is 8. The van der Waals surface area contributed by atoms with Gasteiger partial charge in [0.05, 0.1) is 22.2 Å². The molecule has 0 N–H and O–H groups in total. The predicted octanol–water partition coefficient (Wildman–Crippen LogP) is 21.0. The number of fused-ring (bicyclic) bond motifs is 12. The van der Waals surface area contributed by atoms with Crippen molar-refractivity contribution in [1.82, 2.24) is 9.13 Å². The lowest BCUT2D eigenvalue weighted by molar-refractivity contribution is 0.660. The lowest BCUT2D eigenvalue weighted by Crippen LogP contribution is -2.18. The van der Waals surface area contributed by atoms with E-state index in [-0.39, 0.29) is 10.8 Å². The monoisotopic (exact) mass is 1040 g/mol. The Kier molecular flexibility index (Phi) is 10.3. The third-order valence-electron chi connectivity index (χ3n) is 18.1. The molecule has 0 radical (unpaired) electrons. The van der Waals surface area contributed by atoms with E-state index < -0.39 is 0 Å². The van der Waals surface area contributed by atoms with Gasteiger partial charge < -0.3 is 14.0 Å². The Hall–Kier alpha value is -9.96. The van der Waals surface area contributed by atoms with Crippen LogP contribution in [0, 0.1) is 0 Å². The summed E-state index contributed by atoms with van der Waals surface area (Å²) in [6.45, 7) is 9.61. The molecular weight excluding hydrogens is 979 g/mol. The highest BCUT2D eigenvalue weighted by atomic mass is 15.1. The summed E-state index contributed by atoms with van der Waals surface area (Å²) in [5, 5.41) is 6.14. The Bertz CT molecular complexity index is 4850. The van der Waals surface area contributed by atoms with Gasteiger partial charge in [0.1, 0.15) is 0 Å². The molecule has 384 valence electrons. The first-order valence-electron chi connectivity index (χ1n) is 28.4. The van der Waals surface area contributed by atoms with Gasteiger partial charge in [-0.2, -0.15) is 0 Å². The summed E-state index contributed by atoms with van der Waals surface area (Å²) in [7, 11) is 0. The Labute approximate surface area is 472 Å². The smallest absolute Gasteiger partial charge is 0.0620 e. The molecule has 2 aliphatic carbocycles. The molecule has 2 heterocycles. The summed E-state index contributed by atoms with van der Waals surface area (Å²) in [5.74, 6) is 0. The van der Waals surface area contributed by atoms with Crippen molar-refractivity contribution in [3.8, 4) is 67.1 Å². The first-order valence-corrected chi connectivity index (χ1v) is 28.4. The second-order valence-electron chi connectivity index (χ2n) is 23.2. The zero-order chi connectivity index (χ0) is 54.1. The Balaban J connectivity index is 0.873. The Morgan fingerprint density at radius 3 is 1.42 bits per heavy atom. The fourth-order valence-corrected chi connectivity index (χ4v) is 14.2. The molecule has 0 saturated heterocycles. The molecule has 2 aliphatic rings. The van der Waals surface area contributed by atoms with Crippen molar-refractivity contribution < 1.29 is 0 Å². The van der Waals surface area contributed by atoms with Crippen molar-refractivity contribution in [1.29, 1.82) is 0 Å². The van der Waals surface area contributed by atoms with Crippen molar-refractivity contribution in [2.24, 2.45) is 0 Å². The van der Waals surface area contributed by atoms with Gasteiger partial charge >= 0.3 is 0 Å². The molecule has 81 heavy (non-hydrogen) atoms. The van der Waals surface area contributed by atoms with E-state index in [9.17, 15) is 0 Å². The molecule has 0 bridgehead atoms. The van der Waals surface area contributed by atoms with E-state index in [0.29, 0.717) is 0 Å². The number of para-hydroxylation sites is 3. The molecule has 0 fully saturated rings. The SMILES string of the molecule is CC1(C)c2ccccc2-c2ccc(N(c3ccc4c(c3)C(C)(C)c3cc(-c5cc6c(-c7ccccc7)c(-c7ccccc7)n(-c7ccccc7)c6c6ccccc56)ccc3-4)c3ccc4c(c3)c3ccccc3n4-c3ccccc3)cc21. The fraction of sp³-hybridized carbons (Fsp3) is 0.0769. The van der Waals surface area contributed by atoms with Crippen LogP contribution in [0.1, 0.15) is 49.9 Å². The molecule has 0 atom stereocenters. The molecule has 14 aromatic rings. The van der Waals surface area contributed by atoms with Crippen LogP contribution in [0.25, 0.3) is 111 Å². The molecule has 16 rings (SSSR count). The van der Waals surface area contributed by atoms with Gasteiger partial charge in [-0.3, -0.25) is 0 Å². The predicted molar refractivity (Wildman–Crippen MR) is 341 cm³/mol. The first-order chi connectivity index (χ1) is 39.7. The van der Waals surface area contributed by atoms with E-state index in [2.05, 4.69) is 315 Å². The third-order valence-corrected chi connectivity index (χ3v) is 18.1. The van der Waals surface area contributed by atoms with E-state index >= 15 is 0 Å². The van der Waals surface area contributed by atoms with Gasteiger partial charge in [0, 0.05) is 66.4 Å². The second kappa shape index (κ2) is 17.8. The number of hydrogen-bond acceptors (Lipinski definition) is 1. The van der Waals surface area contributed by atoms with E-state index in [0.717, 1.165) is 28.4 Å². The fourth-order valence-electron chi connectivity index (χ4n) is 14.2. The Morgan fingerprint density at radius 2 is 0.753 bits per heavy atom. The third kappa shape index (κ3) is 7.01. The maximum absolute atomic E-state index is 2.51. The van der Waals surface area contributed by atoms with Gasteiger partial charge in [-0.25, -0.2) is 0 Å². The zero-order valence-electron chi connectivity index (χ0n) is 45.8. The van der Waals surface area contributed by atoms with Crippen molar-refractivity contribution in [2.45, 2.75) is 38.5 Å². The molecule has 2 aromatic heterocycles. The van der Waals surface area contributed by atoms with Crippen LogP contribution >= 0.6 is 0 Å². The summed E-state index contributed by atoms with van der Waals surface area (Å²) < 4.78 is 4.91. The summed E-state index contributed by atoms with van der Waals surface area (Å²) in [5.41, 5.74) is 26.7. The minimum Gasteiger partial charge on any atom is -0.310 e. The topological polar surface area (TPSA) is 13.1 Å². The van der Waals surface area contributed by atoms with Crippen molar-refractivity contribution >= 4 is 60.5 Å². The Morgan fingerprint density at radius 1 is 0.284 bits per heavy atom. The molecule has 0 spiro atoms. The quantitative estimate of drug-likeness (QED) is 0.148. The first kappa shape index (κ1) is 47.1. The molecular formula is C78H57N3. The highest BCUT2D eigenvalue weighted by molar-refractivity contribution is 6.20. The molecule has 0 aliphatic heterocycles. The maximum Gasteiger partial charge on any atom is 0.0620 e. The van der Waals surface area contributed by atoms with E-state index in [1.165, 1.54) is 122 Å². The molecule has 0 saturated carbocycles. The zero-order valence-corrected chi connectivity index (χ0v) is 45.8. The van der Waals surface area contributed by atoms with Gasteiger partial charge in [0.25, 0.3) is 0 Å². The standard InChI is InChI=1S/C78H57N3/c1-77(2)68-35-21-19-32-59(68)61-42-38-56(47-70(61)77)79(55-40-44-73-66(46-55)63-33-20-22-36-72(63)80(73)53-27-13-7-14-28-53)57-39-43-62-60-41-37-52(45-69(60)78(3,4)71(62)48-57)65-49-67-74(50-23-9-5-10-24-50)75(51-25-11-6-12-26-51)81(54-29-15-8-16-30-54)76(67)64-34-18-17-31-58(64)65/h5-49H,1-4H3. The molecule has 12 aromatic carbocycles. The van der Waals surface area contributed by atoms with Crippen LogP contribution in [0.5, 0.6) is 0 Å². The minimum atomic E-state index is -0.316. The number of nitrogens with zero attached hydrogens (tertiary/aromatic N) is 3. The lowest BCUT2D eigenvalue weighted by atomic mass is 9.81. The highest BCUT2D eigenvalue weighted by Crippen LogP contribution is 2.55. The van der Waals surface area contributed by atoms with Gasteiger partial charge in [-0.05, 0) is 157 Å². The number of benzene rings is 12. The molecule has 0 unspecified atom stereocenters.